The zero-order valence-corrected chi connectivity index (χ0v) is 12.3. The molecular weight excluding hydrogens is 274 g/mol. The summed E-state index contributed by atoms with van der Waals surface area (Å²) in [6.07, 6.45) is 0. The molecule has 7 nitrogen and oxygen atoms in total. The first kappa shape index (κ1) is 15.0. The molecule has 112 valence electrons. The molecule has 0 aromatic heterocycles. The van der Waals surface area contributed by atoms with Crippen LogP contribution < -0.4 is 10.6 Å². The van der Waals surface area contributed by atoms with Gasteiger partial charge in [0.2, 0.25) is 11.8 Å². The first-order valence-corrected chi connectivity index (χ1v) is 6.60. The van der Waals surface area contributed by atoms with Gasteiger partial charge in [-0.2, -0.15) is 0 Å². The molecule has 2 rings (SSSR count). The van der Waals surface area contributed by atoms with E-state index in [9.17, 15) is 19.7 Å². The molecule has 0 unspecified atom stereocenters. The maximum atomic E-state index is 11.9. The minimum Gasteiger partial charge on any atom is -0.325 e. The molecule has 0 saturated heterocycles. The highest BCUT2D eigenvalue weighted by Crippen LogP contribution is 2.42. The van der Waals surface area contributed by atoms with Crippen molar-refractivity contribution in [3.05, 3.63) is 27.8 Å². The molecule has 21 heavy (non-hydrogen) atoms. The Balaban J connectivity index is 2.54. The standard InChI is InChI=1S/C14H17N3O4/c1-7(2)12(18)15-10-6-9-8(5-11(10)17(20)21)14(3,4)13(19)16-9/h5-7H,1-4H3,(H,15,18)(H,16,19). The van der Waals surface area contributed by atoms with Crippen molar-refractivity contribution >= 4 is 28.9 Å². The van der Waals surface area contributed by atoms with Crippen molar-refractivity contribution in [2.45, 2.75) is 33.1 Å². The number of benzene rings is 1. The molecular formula is C14H17N3O4. The van der Waals surface area contributed by atoms with Crippen LogP contribution in [0.5, 0.6) is 0 Å². The molecule has 1 aliphatic heterocycles. The van der Waals surface area contributed by atoms with E-state index in [4.69, 9.17) is 0 Å². The summed E-state index contributed by atoms with van der Waals surface area (Å²) in [5, 5.41) is 16.4. The van der Waals surface area contributed by atoms with Gasteiger partial charge in [-0.05, 0) is 25.5 Å². The zero-order chi connectivity index (χ0) is 15.9. The summed E-state index contributed by atoms with van der Waals surface area (Å²) in [5.74, 6) is -0.843. The predicted molar refractivity (Wildman–Crippen MR) is 78.2 cm³/mol. The fraction of sp³-hybridized carbons (Fsp3) is 0.429. The Morgan fingerprint density at radius 3 is 2.52 bits per heavy atom. The number of anilines is 2. The summed E-state index contributed by atoms with van der Waals surface area (Å²) in [6.45, 7) is 6.79. The van der Waals surface area contributed by atoms with Crippen molar-refractivity contribution in [2.24, 2.45) is 5.92 Å². The summed E-state index contributed by atoms with van der Waals surface area (Å²) >= 11 is 0. The average Bonchev–Trinajstić information content (AvgIpc) is 2.58. The van der Waals surface area contributed by atoms with Crippen LogP contribution in [0.25, 0.3) is 0 Å². The van der Waals surface area contributed by atoms with Crippen LogP contribution in [0.15, 0.2) is 12.1 Å². The molecule has 1 heterocycles. The van der Waals surface area contributed by atoms with Crippen LogP contribution in [-0.4, -0.2) is 16.7 Å². The Morgan fingerprint density at radius 2 is 2.00 bits per heavy atom. The van der Waals surface area contributed by atoms with Crippen LogP contribution in [0, 0.1) is 16.0 Å². The van der Waals surface area contributed by atoms with Gasteiger partial charge >= 0.3 is 0 Å². The van der Waals surface area contributed by atoms with Gasteiger partial charge in [0.05, 0.1) is 10.3 Å². The molecule has 0 bridgehead atoms. The Labute approximate surface area is 121 Å². The van der Waals surface area contributed by atoms with Crippen LogP contribution in [0.2, 0.25) is 0 Å². The monoisotopic (exact) mass is 291 g/mol. The molecule has 0 atom stereocenters. The van der Waals surface area contributed by atoms with E-state index >= 15 is 0 Å². The summed E-state index contributed by atoms with van der Waals surface area (Å²) in [5.41, 5.74) is 0.0971. The molecule has 1 aliphatic rings. The highest BCUT2D eigenvalue weighted by Gasteiger charge is 2.40. The third-order valence-corrected chi connectivity index (χ3v) is 3.60. The number of carbonyl (C=O) groups excluding carboxylic acids is 2. The van der Waals surface area contributed by atoms with E-state index in [1.54, 1.807) is 27.7 Å². The van der Waals surface area contributed by atoms with Gasteiger partial charge in [0.25, 0.3) is 5.69 Å². The number of nitro groups is 1. The molecule has 7 heteroatoms. The van der Waals surface area contributed by atoms with Gasteiger partial charge in [0.1, 0.15) is 5.69 Å². The Kier molecular flexibility index (Phi) is 3.44. The van der Waals surface area contributed by atoms with E-state index in [-0.39, 0.29) is 29.1 Å². The highest BCUT2D eigenvalue weighted by atomic mass is 16.6. The summed E-state index contributed by atoms with van der Waals surface area (Å²) < 4.78 is 0. The van der Waals surface area contributed by atoms with Gasteiger partial charge in [0, 0.05) is 17.7 Å². The van der Waals surface area contributed by atoms with E-state index in [1.807, 2.05) is 0 Å². The largest absolute Gasteiger partial charge is 0.325 e. The second-order valence-corrected chi connectivity index (χ2v) is 5.90. The maximum Gasteiger partial charge on any atom is 0.293 e. The minimum atomic E-state index is -0.833. The first-order valence-electron chi connectivity index (χ1n) is 6.60. The number of amides is 2. The zero-order valence-electron chi connectivity index (χ0n) is 12.3. The normalized spacial score (nSPS) is 15.6. The first-order chi connectivity index (χ1) is 9.64. The molecule has 0 radical (unpaired) electrons. The molecule has 0 aliphatic carbocycles. The fourth-order valence-corrected chi connectivity index (χ4v) is 2.14. The van der Waals surface area contributed by atoms with E-state index in [0.717, 1.165) is 0 Å². The summed E-state index contributed by atoms with van der Waals surface area (Å²) in [4.78, 5) is 34.3. The Morgan fingerprint density at radius 1 is 1.38 bits per heavy atom. The number of rotatable bonds is 3. The molecule has 0 fully saturated rings. The van der Waals surface area contributed by atoms with Crippen molar-refractivity contribution in [1.29, 1.82) is 0 Å². The van der Waals surface area contributed by atoms with Crippen molar-refractivity contribution in [3.63, 3.8) is 0 Å². The number of hydrogen-bond acceptors (Lipinski definition) is 4. The Hall–Kier alpha value is -2.44. The molecule has 1 aromatic carbocycles. The van der Waals surface area contributed by atoms with E-state index in [0.29, 0.717) is 11.3 Å². The molecule has 2 N–H and O–H groups in total. The second kappa shape index (κ2) is 4.83. The Bertz CT molecular complexity index is 650. The molecule has 0 saturated carbocycles. The minimum absolute atomic E-state index is 0.0930. The molecule has 0 spiro atoms. The number of nitro benzene ring substituents is 1. The van der Waals surface area contributed by atoms with Crippen molar-refractivity contribution in [1.82, 2.24) is 0 Å². The van der Waals surface area contributed by atoms with Gasteiger partial charge in [-0.1, -0.05) is 13.8 Å². The number of nitrogens with zero attached hydrogens (tertiary/aromatic N) is 1. The lowest BCUT2D eigenvalue weighted by atomic mass is 9.86. The third kappa shape index (κ3) is 2.46. The number of hydrogen-bond donors (Lipinski definition) is 2. The van der Waals surface area contributed by atoms with Gasteiger partial charge in [-0.15, -0.1) is 0 Å². The van der Waals surface area contributed by atoms with Crippen LogP contribution in [0.4, 0.5) is 17.1 Å². The van der Waals surface area contributed by atoms with E-state index < -0.39 is 10.3 Å². The van der Waals surface area contributed by atoms with Gasteiger partial charge in [0.15, 0.2) is 0 Å². The lowest BCUT2D eigenvalue weighted by Crippen LogP contribution is -2.26. The topological polar surface area (TPSA) is 101 Å². The summed E-state index contributed by atoms with van der Waals surface area (Å²) in [6, 6.07) is 2.80. The van der Waals surface area contributed by atoms with Gasteiger partial charge in [-0.25, -0.2) is 0 Å². The molecule has 2 amide bonds. The SMILES string of the molecule is CC(C)C(=O)Nc1cc2c(cc1[N+](=O)[O-])C(C)(C)C(=O)N2. The summed E-state index contributed by atoms with van der Waals surface area (Å²) in [7, 11) is 0. The molecule has 1 aromatic rings. The maximum absolute atomic E-state index is 11.9. The van der Waals surface area contributed by atoms with E-state index in [1.165, 1.54) is 12.1 Å². The van der Waals surface area contributed by atoms with Crippen LogP contribution in [0.1, 0.15) is 33.3 Å². The highest BCUT2D eigenvalue weighted by molar-refractivity contribution is 6.07. The van der Waals surface area contributed by atoms with E-state index in [2.05, 4.69) is 10.6 Å². The average molecular weight is 291 g/mol. The van der Waals surface area contributed by atoms with Crippen molar-refractivity contribution < 1.29 is 14.5 Å². The second-order valence-electron chi connectivity index (χ2n) is 5.90. The van der Waals surface area contributed by atoms with Crippen molar-refractivity contribution in [3.8, 4) is 0 Å². The van der Waals surface area contributed by atoms with Crippen LogP contribution >= 0.6 is 0 Å². The lowest BCUT2D eigenvalue weighted by molar-refractivity contribution is -0.384. The van der Waals surface area contributed by atoms with Crippen LogP contribution in [0.3, 0.4) is 0 Å². The van der Waals surface area contributed by atoms with Gasteiger partial charge in [-0.3, -0.25) is 19.7 Å². The quantitative estimate of drug-likeness (QED) is 0.659. The van der Waals surface area contributed by atoms with Crippen LogP contribution in [-0.2, 0) is 15.0 Å². The van der Waals surface area contributed by atoms with Gasteiger partial charge < -0.3 is 10.6 Å². The third-order valence-electron chi connectivity index (χ3n) is 3.60. The smallest absolute Gasteiger partial charge is 0.293 e. The predicted octanol–water partition coefficient (Wildman–Crippen LogP) is 2.42. The lowest BCUT2D eigenvalue weighted by Gasteiger charge is -2.15. The number of nitrogens with one attached hydrogen (secondary N) is 2. The van der Waals surface area contributed by atoms with Crippen molar-refractivity contribution in [2.75, 3.05) is 10.6 Å². The number of fused-ring (bicyclic) bond motifs is 1. The fourth-order valence-electron chi connectivity index (χ4n) is 2.14. The number of carbonyl (C=O) groups is 2.